The maximum absolute atomic E-state index is 11.4. The molecule has 0 atom stereocenters. The predicted octanol–water partition coefficient (Wildman–Crippen LogP) is 0.997. The van der Waals surface area contributed by atoms with E-state index in [1.165, 1.54) is 16.1 Å². The van der Waals surface area contributed by atoms with Gasteiger partial charge in [0.1, 0.15) is 0 Å². The van der Waals surface area contributed by atoms with Crippen molar-refractivity contribution in [3.8, 4) is 0 Å². The molecule has 0 fully saturated rings. The highest BCUT2D eigenvalue weighted by molar-refractivity contribution is 5.72. The number of carbonyl (C=O) groups excluding carboxylic acids is 1. The summed E-state index contributed by atoms with van der Waals surface area (Å²) >= 11 is 0. The first-order chi connectivity index (χ1) is 10.7. The average molecular weight is 298 g/mol. The molecule has 1 amide bonds. The number of hydrazine groups is 1. The first-order valence-corrected chi connectivity index (χ1v) is 6.78. The van der Waals surface area contributed by atoms with Crippen molar-refractivity contribution in [3.05, 3.63) is 53.2 Å². The average Bonchev–Trinajstić information content (AvgIpc) is 2.92. The van der Waals surface area contributed by atoms with E-state index in [0.29, 0.717) is 31.0 Å². The third-order valence-corrected chi connectivity index (χ3v) is 3.50. The SMILES string of the molecule is O=CN(c1ccc(CC(=O)O)nn1)N1Cc2ccccc2C1. The second-order valence-corrected chi connectivity index (χ2v) is 4.99. The maximum atomic E-state index is 11.4. The van der Waals surface area contributed by atoms with Crippen molar-refractivity contribution in [2.45, 2.75) is 19.5 Å². The van der Waals surface area contributed by atoms with E-state index in [-0.39, 0.29) is 6.42 Å². The number of carbonyl (C=O) groups is 2. The summed E-state index contributed by atoms with van der Waals surface area (Å²) in [6.45, 7) is 1.24. The predicted molar refractivity (Wildman–Crippen MR) is 77.6 cm³/mol. The Labute approximate surface area is 126 Å². The largest absolute Gasteiger partial charge is 0.481 e. The lowest BCUT2D eigenvalue weighted by Crippen LogP contribution is -2.38. The summed E-state index contributed by atoms with van der Waals surface area (Å²) in [5.41, 5.74) is 2.70. The van der Waals surface area contributed by atoms with Crippen molar-refractivity contribution < 1.29 is 14.7 Å². The highest BCUT2D eigenvalue weighted by Gasteiger charge is 2.25. The molecule has 1 N–H and O–H groups in total. The Bertz CT molecular complexity index is 677. The van der Waals surface area contributed by atoms with Crippen molar-refractivity contribution in [2.75, 3.05) is 5.01 Å². The van der Waals surface area contributed by atoms with E-state index in [1.54, 1.807) is 12.1 Å². The molecule has 0 bridgehead atoms. The Balaban J connectivity index is 1.78. The summed E-state index contributed by atoms with van der Waals surface area (Å²) in [4.78, 5) is 22.1. The third kappa shape index (κ3) is 2.79. The number of carboxylic acid groups (broad SMARTS) is 1. The summed E-state index contributed by atoms with van der Waals surface area (Å²) in [7, 11) is 0. The molecule has 1 aromatic heterocycles. The number of nitrogens with zero attached hydrogens (tertiary/aromatic N) is 4. The molecule has 0 saturated heterocycles. The van der Waals surface area contributed by atoms with Crippen LogP contribution in [0.3, 0.4) is 0 Å². The molecule has 3 rings (SSSR count). The zero-order valence-electron chi connectivity index (χ0n) is 11.7. The van der Waals surface area contributed by atoms with Crippen molar-refractivity contribution >= 4 is 18.2 Å². The Hall–Kier alpha value is -2.80. The van der Waals surface area contributed by atoms with Crippen LogP contribution in [0.25, 0.3) is 0 Å². The Morgan fingerprint density at radius 2 is 1.86 bits per heavy atom. The van der Waals surface area contributed by atoms with Crippen molar-refractivity contribution in [2.24, 2.45) is 0 Å². The molecule has 7 heteroatoms. The summed E-state index contributed by atoms with van der Waals surface area (Å²) in [5.74, 6) is -0.596. The van der Waals surface area contributed by atoms with Crippen LogP contribution in [0.5, 0.6) is 0 Å². The van der Waals surface area contributed by atoms with Gasteiger partial charge in [0.15, 0.2) is 5.82 Å². The van der Waals surface area contributed by atoms with E-state index >= 15 is 0 Å². The van der Waals surface area contributed by atoms with Gasteiger partial charge in [-0.1, -0.05) is 24.3 Å². The van der Waals surface area contributed by atoms with Crippen LogP contribution < -0.4 is 5.01 Å². The molecular formula is C15H14N4O3. The lowest BCUT2D eigenvalue weighted by Gasteiger charge is -2.26. The first kappa shape index (κ1) is 14.2. The monoisotopic (exact) mass is 298 g/mol. The van der Waals surface area contributed by atoms with E-state index in [9.17, 15) is 9.59 Å². The number of hydrogen-bond donors (Lipinski definition) is 1. The van der Waals surface area contributed by atoms with Crippen LogP contribution in [0.15, 0.2) is 36.4 Å². The number of rotatable bonds is 5. The molecule has 0 aliphatic carbocycles. The minimum Gasteiger partial charge on any atom is -0.481 e. The zero-order valence-corrected chi connectivity index (χ0v) is 11.7. The number of aromatic nitrogens is 2. The lowest BCUT2D eigenvalue weighted by molar-refractivity contribution is -0.136. The number of anilines is 1. The topological polar surface area (TPSA) is 86.6 Å². The molecule has 2 heterocycles. The van der Waals surface area contributed by atoms with Gasteiger partial charge in [0, 0.05) is 13.1 Å². The molecular weight excluding hydrogens is 284 g/mol. The summed E-state index contributed by atoms with van der Waals surface area (Å²) in [5, 5.41) is 19.8. The van der Waals surface area contributed by atoms with Gasteiger partial charge >= 0.3 is 5.97 Å². The van der Waals surface area contributed by atoms with Crippen LogP contribution in [0.2, 0.25) is 0 Å². The van der Waals surface area contributed by atoms with E-state index in [2.05, 4.69) is 10.2 Å². The van der Waals surface area contributed by atoms with Crippen LogP contribution in [0.4, 0.5) is 5.82 Å². The number of benzene rings is 1. The van der Waals surface area contributed by atoms with Crippen molar-refractivity contribution in [1.82, 2.24) is 15.2 Å². The highest BCUT2D eigenvalue weighted by atomic mass is 16.4. The van der Waals surface area contributed by atoms with Gasteiger partial charge in [-0.15, -0.1) is 5.10 Å². The fourth-order valence-electron chi connectivity index (χ4n) is 2.46. The van der Waals surface area contributed by atoms with Gasteiger partial charge in [0.2, 0.25) is 6.41 Å². The molecule has 0 saturated carbocycles. The molecule has 1 aliphatic rings. The van der Waals surface area contributed by atoms with E-state index in [4.69, 9.17) is 5.11 Å². The van der Waals surface area contributed by atoms with E-state index in [0.717, 1.165) is 0 Å². The van der Waals surface area contributed by atoms with Crippen LogP contribution in [0, 0.1) is 0 Å². The van der Waals surface area contributed by atoms with Crippen molar-refractivity contribution in [3.63, 3.8) is 0 Å². The van der Waals surface area contributed by atoms with Gasteiger partial charge in [-0.25, -0.2) is 10.0 Å². The highest BCUT2D eigenvalue weighted by Crippen LogP contribution is 2.25. The number of fused-ring (bicyclic) bond motifs is 1. The normalized spacial score (nSPS) is 13.6. The first-order valence-electron chi connectivity index (χ1n) is 6.78. The van der Waals surface area contributed by atoms with Gasteiger partial charge < -0.3 is 5.11 Å². The molecule has 112 valence electrons. The zero-order chi connectivity index (χ0) is 15.5. The van der Waals surface area contributed by atoms with Gasteiger partial charge in [-0.3, -0.25) is 9.59 Å². The summed E-state index contributed by atoms with van der Waals surface area (Å²) < 4.78 is 0. The number of hydrogen-bond acceptors (Lipinski definition) is 5. The van der Waals surface area contributed by atoms with Gasteiger partial charge in [0.05, 0.1) is 12.1 Å². The Morgan fingerprint density at radius 1 is 1.18 bits per heavy atom. The minimum atomic E-state index is -0.968. The molecule has 1 aliphatic heterocycles. The maximum Gasteiger partial charge on any atom is 0.309 e. The fourth-order valence-corrected chi connectivity index (χ4v) is 2.46. The number of carboxylic acids is 1. The smallest absolute Gasteiger partial charge is 0.309 e. The summed E-state index contributed by atoms with van der Waals surface area (Å²) in [6.07, 6.45) is 0.496. The molecule has 1 aromatic carbocycles. The van der Waals surface area contributed by atoms with E-state index in [1.807, 2.05) is 29.3 Å². The molecule has 22 heavy (non-hydrogen) atoms. The quantitative estimate of drug-likeness (QED) is 0.829. The molecule has 2 aromatic rings. The minimum absolute atomic E-state index is 0.191. The van der Waals surface area contributed by atoms with Crippen LogP contribution >= 0.6 is 0 Å². The summed E-state index contributed by atoms with van der Waals surface area (Å²) in [6, 6.07) is 11.2. The van der Waals surface area contributed by atoms with Gasteiger partial charge in [0.25, 0.3) is 0 Å². The van der Waals surface area contributed by atoms with Gasteiger partial charge in [-0.05, 0) is 23.3 Å². The standard InChI is InChI=1S/C15H14N4O3/c20-10-19(14-6-5-13(16-17-14)7-15(21)22)18-8-11-3-1-2-4-12(11)9-18/h1-6,10H,7-9H2,(H,21,22). The lowest BCUT2D eigenvalue weighted by atomic mass is 10.1. The Kier molecular flexibility index (Phi) is 3.80. The number of amides is 1. The fraction of sp³-hybridized carbons (Fsp3) is 0.200. The van der Waals surface area contributed by atoms with Crippen LogP contribution in [0.1, 0.15) is 16.8 Å². The number of aliphatic carboxylic acids is 1. The molecule has 0 radical (unpaired) electrons. The molecule has 0 spiro atoms. The second-order valence-electron chi connectivity index (χ2n) is 4.99. The third-order valence-electron chi connectivity index (χ3n) is 3.50. The van der Waals surface area contributed by atoms with Crippen LogP contribution in [-0.4, -0.2) is 32.7 Å². The second kappa shape index (κ2) is 5.90. The van der Waals surface area contributed by atoms with E-state index < -0.39 is 5.97 Å². The molecule has 7 nitrogen and oxygen atoms in total. The van der Waals surface area contributed by atoms with Crippen molar-refractivity contribution in [1.29, 1.82) is 0 Å². The van der Waals surface area contributed by atoms with Gasteiger partial charge in [-0.2, -0.15) is 5.10 Å². The molecule has 0 unspecified atom stereocenters. The van der Waals surface area contributed by atoms with Crippen LogP contribution in [-0.2, 0) is 29.1 Å². The Morgan fingerprint density at radius 3 is 2.36 bits per heavy atom.